The van der Waals surface area contributed by atoms with Crippen LogP contribution in [0.1, 0.15) is 20.3 Å². The van der Waals surface area contributed by atoms with Crippen molar-refractivity contribution in [2.75, 3.05) is 13.2 Å². The minimum absolute atomic E-state index is 0. The van der Waals surface area contributed by atoms with Gasteiger partial charge < -0.3 is 10.1 Å². The SMILES string of the molecule is CCOC(=O)C1C[C@@H](C)NCC1=O.Cl. The molecular formula is C9H16ClNO3. The summed E-state index contributed by atoms with van der Waals surface area (Å²) in [6.45, 7) is 4.32. The molecule has 4 nitrogen and oxygen atoms in total. The highest BCUT2D eigenvalue weighted by molar-refractivity contribution is 6.00. The largest absolute Gasteiger partial charge is 0.465 e. The topological polar surface area (TPSA) is 55.4 Å². The van der Waals surface area contributed by atoms with Crippen molar-refractivity contribution < 1.29 is 14.3 Å². The Hall–Kier alpha value is -0.610. The average molecular weight is 222 g/mol. The van der Waals surface area contributed by atoms with Crippen molar-refractivity contribution in [3.05, 3.63) is 0 Å². The van der Waals surface area contributed by atoms with Gasteiger partial charge in [0.2, 0.25) is 0 Å². The molecule has 0 aromatic heterocycles. The normalized spacial score (nSPS) is 26.6. The number of carbonyl (C=O) groups is 2. The van der Waals surface area contributed by atoms with Crippen LogP contribution in [0, 0.1) is 5.92 Å². The molecule has 1 N–H and O–H groups in total. The summed E-state index contributed by atoms with van der Waals surface area (Å²) in [6.07, 6.45) is 0.553. The number of halogens is 1. The molecule has 0 saturated carbocycles. The maximum absolute atomic E-state index is 11.3. The van der Waals surface area contributed by atoms with E-state index >= 15 is 0 Å². The van der Waals surface area contributed by atoms with Crippen molar-refractivity contribution in [3.8, 4) is 0 Å². The van der Waals surface area contributed by atoms with Crippen molar-refractivity contribution in [2.24, 2.45) is 5.92 Å². The molecule has 0 aliphatic carbocycles. The first-order chi connectivity index (χ1) is 6.15. The van der Waals surface area contributed by atoms with E-state index in [0.717, 1.165) is 0 Å². The number of hydrogen-bond acceptors (Lipinski definition) is 4. The van der Waals surface area contributed by atoms with Crippen molar-refractivity contribution in [3.63, 3.8) is 0 Å². The van der Waals surface area contributed by atoms with Crippen molar-refractivity contribution >= 4 is 24.2 Å². The van der Waals surface area contributed by atoms with Gasteiger partial charge in [0.1, 0.15) is 5.92 Å². The molecule has 0 spiro atoms. The second-order valence-electron chi connectivity index (χ2n) is 3.29. The summed E-state index contributed by atoms with van der Waals surface area (Å²) >= 11 is 0. The quantitative estimate of drug-likeness (QED) is 0.546. The van der Waals surface area contributed by atoms with Gasteiger partial charge in [-0.3, -0.25) is 9.59 Å². The van der Waals surface area contributed by atoms with E-state index in [-0.39, 0.29) is 36.7 Å². The Labute approximate surface area is 89.8 Å². The van der Waals surface area contributed by atoms with Crippen LogP contribution in [0.2, 0.25) is 0 Å². The lowest BCUT2D eigenvalue weighted by Crippen LogP contribution is -2.46. The van der Waals surface area contributed by atoms with Crippen molar-refractivity contribution in [1.29, 1.82) is 0 Å². The number of ether oxygens (including phenoxy) is 1. The predicted octanol–water partition coefficient (Wildman–Crippen LogP) is 0.538. The molecule has 82 valence electrons. The molecule has 2 atom stereocenters. The van der Waals surface area contributed by atoms with Crippen LogP contribution in [0.15, 0.2) is 0 Å². The number of esters is 1. The molecule has 1 fully saturated rings. The summed E-state index contributed by atoms with van der Waals surface area (Å²) in [7, 11) is 0. The van der Waals surface area contributed by atoms with Gasteiger partial charge in [0.05, 0.1) is 13.2 Å². The van der Waals surface area contributed by atoms with Crippen LogP contribution in [0.3, 0.4) is 0 Å². The average Bonchev–Trinajstić information content (AvgIpc) is 2.09. The molecule has 0 aromatic rings. The van der Waals surface area contributed by atoms with Crippen LogP contribution in [-0.4, -0.2) is 30.9 Å². The fourth-order valence-electron chi connectivity index (χ4n) is 1.44. The highest BCUT2D eigenvalue weighted by Crippen LogP contribution is 2.14. The number of Topliss-reactive ketones (excluding diaryl/α,β-unsaturated/α-hetero) is 1. The minimum atomic E-state index is -0.545. The molecule has 0 amide bonds. The van der Waals surface area contributed by atoms with Gasteiger partial charge in [-0.2, -0.15) is 0 Å². The van der Waals surface area contributed by atoms with E-state index in [0.29, 0.717) is 13.0 Å². The first-order valence-electron chi connectivity index (χ1n) is 4.58. The minimum Gasteiger partial charge on any atom is -0.465 e. The monoisotopic (exact) mass is 221 g/mol. The summed E-state index contributed by atoms with van der Waals surface area (Å²) in [5, 5.41) is 3.00. The van der Waals surface area contributed by atoms with Gasteiger partial charge in [-0.15, -0.1) is 12.4 Å². The maximum atomic E-state index is 11.3. The molecule has 1 unspecified atom stereocenters. The molecule has 0 bridgehead atoms. The van der Waals surface area contributed by atoms with Crippen LogP contribution in [0.5, 0.6) is 0 Å². The van der Waals surface area contributed by atoms with Crippen LogP contribution < -0.4 is 5.32 Å². The number of rotatable bonds is 2. The molecule has 14 heavy (non-hydrogen) atoms. The van der Waals surface area contributed by atoms with Gasteiger partial charge in [0, 0.05) is 6.04 Å². The zero-order chi connectivity index (χ0) is 9.84. The zero-order valence-electron chi connectivity index (χ0n) is 8.41. The number of hydrogen-bond donors (Lipinski definition) is 1. The second kappa shape index (κ2) is 5.98. The smallest absolute Gasteiger partial charge is 0.316 e. The van der Waals surface area contributed by atoms with E-state index in [1.165, 1.54) is 0 Å². The second-order valence-corrected chi connectivity index (χ2v) is 3.29. The molecule has 0 aromatic carbocycles. The lowest BCUT2D eigenvalue weighted by atomic mass is 9.92. The number of ketones is 1. The van der Waals surface area contributed by atoms with Gasteiger partial charge in [0.15, 0.2) is 5.78 Å². The Bertz CT molecular complexity index is 220. The Kier molecular flexibility index (Phi) is 5.72. The van der Waals surface area contributed by atoms with E-state index in [1.54, 1.807) is 6.92 Å². The molecule has 5 heteroatoms. The fraction of sp³-hybridized carbons (Fsp3) is 0.778. The molecular weight excluding hydrogens is 206 g/mol. The standard InChI is InChI=1S/C9H15NO3.ClH/c1-3-13-9(12)7-4-6(2)10-5-8(7)11;/h6-7,10H,3-5H2,1-2H3;1H/t6-,7?;/m1./s1. The van der Waals surface area contributed by atoms with Crippen LogP contribution >= 0.6 is 12.4 Å². The van der Waals surface area contributed by atoms with Crippen LogP contribution in [0.25, 0.3) is 0 Å². The zero-order valence-corrected chi connectivity index (χ0v) is 9.23. The van der Waals surface area contributed by atoms with Crippen LogP contribution in [0.4, 0.5) is 0 Å². The highest BCUT2D eigenvalue weighted by Gasteiger charge is 2.32. The predicted molar refractivity (Wildman–Crippen MR) is 54.5 cm³/mol. The summed E-state index contributed by atoms with van der Waals surface area (Å²) in [5.74, 6) is -0.978. The molecule has 0 radical (unpaired) electrons. The third-order valence-corrected chi connectivity index (χ3v) is 2.17. The van der Waals surface area contributed by atoms with E-state index in [4.69, 9.17) is 4.74 Å². The Morgan fingerprint density at radius 2 is 2.29 bits per heavy atom. The number of carbonyl (C=O) groups excluding carboxylic acids is 2. The summed E-state index contributed by atoms with van der Waals surface area (Å²) in [6, 6.07) is 0.215. The molecule has 1 rings (SSSR count). The Morgan fingerprint density at radius 1 is 1.64 bits per heavy atom. The van der Waals surface area contributed by atoms with E-state index in [2.05, 4.69) is 5.32 Å². The van der Waals surface area contributed by atoms with Gasteiger partial charge in [-0.1, -0.05) is 0 Å². The van der Waals surface area contributed by atoms with E-state index in [9.17, 15) is 9.59 Å². The van der Waals surface area contributed by atoms with Gasteiger partial charge in [-0.25, -0.2) is 0 Å². The Balaban J connectivity index is 0.00000169. The third kappa shape index (κ3) is 3.27. The summed E-state index contributed by atoms with van der Waals surface area (Å²) < 4.78 is 4.81. The van der Waals surface area contributed by atoms with E-state index < -0.39 is 5.92 Å². The lowest BCUT2D eigenvalue weighted by molar-refractivity contribution is -0.152. The molecule has 1 aliphatic rings. The van der Waals surface area contributed by atoms with Crippen molar-refractivity contribution in [2.45, 2.75) is 26.3 Å². The number of nitrogens with one attached hydrogen (secondary N) is 1. The number of piperidine rings is 1. The van der Waals surface area contributed by atoms with Gasteiger partial charge in [-0.05, 0) is 20.3 Å². The lowest BCUT2D eigenvalue weighted by Gasteiger charge is -2.25. The van der Waals surface area contributed by atoms with Gasteiger partial charge in [0.25, 0.3) is 0 Å². The Morgan fingerprint density at radius 3 is 2.86 bits per heavy atom. The van der Waals surface area contributed by atoms with Gasteiger partial charge >= 0.3 is 5.97 Å². The molecule has 1 heterocycles. The first-order valence-corrected chi connectivity index (χ1v) is 4.58. The van der Waals surface area contributed by atoms with E-state index in [1.807, 2.05) is 6.92 Å². The fourth-order valence-corrected chi connectivity index (χ4v) is 1.44. The molecule has 1 aliphatic heterocycles. The molecule has 1 saturated heterocycles. The summed E-state index contributed by atoms with van der Waals surface area (Å²) in [4.78, 5) is 22.6. The summed E-state index contributed by atoms with van der Waals surface area (Å²) in [5.41, 5.74) is 0. The maximum Gasteiger partial charge on any atom is 0.316 e. The van der Waals surface area contributed by atoms with Crippen LogP contribution in [-0.2, 0) is 14.3 Å². The third-order valence-electron chi connectivity index (χ3n) is 2.17. The van der Waals surface area contributed by atoms with Crippen molar-refractivity contribution in [1.82, 2.24) is 5.32 Å². The first kappa shape index (κ1) is 13.4. The highest BCUT2D eigenvalue weighted by atomic mass is 35.5.